The molecule has 4 aromatic rings. The Kier molecular flexibility index (Phi) is 5.16. The number of imidazole rings is 1. The van der Waals surface area contributed by atoms with Crippen LogP contribution in [0, 0.1) is 0 Å². The van der Waals surface area contributed by atoms with E-state index < -0.39 is 0 Å². The number of carbonyl (C=O) groups is 1. The van der Waals surface area contributed by atoms with Gasteiger partial charge in [0.1, 0.15) is 5.82 Å². The van der Waals surface area contributed by atoms with Gasteiger partial charge in [-0.1, -0.05) is 35.5 Å². The summed E-state index contributed by atoms with van der Waals surface area (Å²) >= 11 is 0. The predicted octanol–water partition coefficient (Wildman–Crippen LogP) is 4.00. The maximum absolute atomic E-state index is 12.4. The number of carbonyl (C=O) groups excluding carboxylic acids is 1. The number of nitrogens with zero attached hydrogens (tertiary/aromatic N) is 2. The highest BCUT2D eigenvalue weighted by Gasteiger charge is 2.24. The number of nitrogens with one attached hydrogen (secondary N) is 4. The van der Waals surface area contributed by atoms with E-state index in [9.17, 15) is 4.79 Å². The number of hydrogen-bond donors (Lipinski definition) is 4. The van der Waals surface area contributed by atoms with Crippen LogP contribution < -0.4 is 16.0 Å². The largest absolute Gasteiger partial charge is 0.354 e. The fraction of sp³-hybridized carbons (Fsp3) is 0.320. The average molecular weight is 443 g/mol. The Labute approximate surface area is 191 Å². The summed E-state index contributed by atoms with van der Waals surface area (Å²) in [4.78, 5) is 20.4. The van der Waals surface area contributed by atoms with Crippen LogP contribution in [0.3, 0.4) is 0 Å². The van der Waals surface area contributed by atoms with E-state index in [4.69, 9.17) is 4.52 Å². The van der Waals surface area contributed by atoms with E-state index in [2.05, 4.69) is 55.3 Å². The molecular weight excluding hydrogens is 416 g/mol. The van der Waals surface area contributed by atoms with Crippen LogP contribution in [0.1, 0.15) is 37.5 Å². The Morgan fingerprint density at radius 2 is 1.76 bits per heavy atom. The minimum absolute atomic E-state index is 0.0620. The van der Waals surface area contributed by atoms with Crippen molar-refractivity contribution in [1.29, 1.82) is 0 Å². The lowest BCUT2D eigenvalue weighted by molar-refractivity contribution is -0.117. The first-order valence-electron chi connectivity index (χ1n) is 11.6. The van der Waals surface area contributed by atoms with Crippen molar-refractivity contribution in [1.82, 2.24) is 25.8 Å². The van der Waals surface area contributed by atoms with Gasteiger partial charge >= 0.3 is 0 Å². The smallest absolute Gasteiger partial charge is 0.242 e. The lowest BCUT2D eigenvalue weighted by Gasteiger charge is -2.09. The summed E-state index contributed by atoms with van der Waals surface area (Å²) in [6.07, 6.45) is 6.08. The molecule has 4 heterocycles. The maximum atomic E-state index is 12.4. The zero-order valence-electron chi connectivity index (χ0n) is 18.2. The fourth-order valence-corrected chi connectivity index (χ4v) is 4.74. The minimum atomic E-state index is -0.157. The van der Waals surface area contributed by atoms with Crippen LogP contribution in [-0.2, 0) is 4.79 Å². The molecule has 0 saturated carbocycles. The first-order valence-corrected chi connectivity index (χ1v) is 11.6. The van der Waals surface area contributed by atoms with Crippen LogP contribution in [0.15, 0.2) is 53.2 Å². The molecule has 4 N–H and O–H groups in total. The van der Waals surface area contributed by atoms with Gasteiger partial charge in [-0.05, 0) is 67.6 Å². The monoisotopic (exact) mass is 442 g/mol. The van der Waals surface area contributed by atoms with Crippen molar-refractivity contribution in [3.63, 3.8) is 0 Å². The second kappa shape index (κ2) is 8.46. The summed E-state index contributed by atoms with van der Waals surface area (Å²) in [5.74, 6) is 1.42. The molecule has 33 heavy (non-hydrogen) atoms. The second-order valence-electron chi connectivity index (χ2n) is 8.79. The van der Waals surface area contributed by atoms with Crippen LogP contribution >= 0.6 is 0 Å². The van der Waals surface area contributed by atoms with Crippen LogP contribution in [-0.4, -0.2) is 40.2 Å². The number of aromatic nitrogens is 3. The van der Waals surface area contributed by atoms with E-state index >= 15 is 0 Å². The molecule has 2 saturated heterocycles. The van der Waals surface area contributed by atoms with Gasteiger partial charge in [-0.2, -0.15) is 0 Å². The number of aromatic amines is 1. The summed E-state index contributed by atoms with van der Waals surface area (Å²) in [5, 5.41) is 14.4. The van der Waals surface area contributed by atoms with Gasteiger partial charge in [-0.25, -0.2) is 4.98 Å². The van der Waals surface area contributed by atoms with Gasteiger partial charge in [0.05, 0.1) is 29.4 Å². The van der Waals surface area contributed by atoms with Gasteiger partial charge in [-0.15, -0.1) is 0 Å². The van der Waals surface area contributed by atoms with Crippen molar-refractivity contribution in [3.05, 3.63) is 54.5 Å². The van der Waals surface area contributed by atoms with E-state index in [1.165, 1.54) is 6.42 Å². The van der Waals surface area contributed by atoms with Crippen LogP contribution in [0.2, 0.25) is 0 Å². The zero-order valence-corrected chi connectivity index (χ0v) is 18.2. The standard InChI is InChI=1S/C25H26N6O2/c32-25(20-4-2-12-27-20)30-23-18-10-9-17(13-22(18)33-31-23)15-5-7-16(8-6-15)21-14-28-24(29-21)19-3-1-11-26-19/h5-10,13-14,19-20,26-27H,1-4,11-12H2,(H,28,29)(H,30,31,32)/t19-,20?/m0/s1. The Morgan fingerprint density at radius 3 is 2.55 bits per heavy atom. The summed E-state index contributed by atoms with van der Waals surface area (Å²) in [6.45, 7) is 1.93. The van der Waals surface area contributed by atoms with Crippen LogP contribution in [0.5, 0.6) is 0 Å². The molecule has 2 aliphatic heterocycles. The molecule has 1 unspecified atom stereocenters. The molecule has 1 amide bonds. The Morgan fingerprint density at radius 1 is 0.970 bits per heavy atom. The Balaban J connectivity index is 1.20. The molecule has 0 spiro atoms. The summed E-state index contributed by atoms with van der Waals surface area (Å²) < 4.78 is 5.51. The number of amides is 1. The van der Waals surface area contributed by atoms with E-state index in [0.29, 0.717) is 17.4 Å². The van der Waals surface area contributed by atoms with E-state index in [0.717, 1.165) is 65.9 Å². The number of anilines is 1. The third kappa shape index (κ3) is 3.92. The molecule has 0 bridgehead atoms. The first-order chi connectivity index (χ1) is 16.2. The number of hydrogen-bond acceptors (Lipinski definition) is 6. The zero-order chi connectivity index (χ0) is 22.2. The molecule has 0 aliphatic carbocycles. The number of H-pyrrole nitrogens is 1. The van der Waals surface area contributed by atoms with Gasteiger partial charge in [0.2, 0.25) is 5.91 Å². The minimum Gasteiger partial charge on any atom is -0.354 e. The van der Waals surface area contributed by atoms with Crippen molar-refractivity contribution in [2.24, 2.45) is 0 Å². The van der Waals surface area contributed by atoms with Gasteiger partial charge in [0, 0.05) is 0 Å². The predicted molar refractivity (Wildman–Crippen MR) is 127 cm³/mol. The highest BCUT2D eigenvalue weighted by Crippen LogP contribution is 2.30. The third-order valence-corrected chi connectivity index (χ3v) is 6.61. The lowest BCUT2D eigenvalue weighted by atomic mass is 10.0. The van der Waals surface area contributed by atoms with E-state index in [1.54, 1.807) is 0 Å². The number of rotatable bonds is 5. The normalized spacial score (nSPS) is 20.5. The van der Waals surface area contributed by atoms with Crippen molar-refractivity contribution >= 4 is 22.7 Å². The molecule has 2 fully saturated rings. The van der Waals surface area contributed by atoms with Crippen LogP contribution in [0.4, 0.5) is 5.82 Å². The van der Waals surface area contributed by atoms with Crippen molar-refractivity contribution in [3.8, 4) is 22.4 Å². The fourth-order valence-electron chi connectivity index (χ4n) is 4.74. The third-order valence-electron chi connectivity index (χ3n) is 6.61. The number of fused-ring (bicyclic) bond motifs is 1. The average Bonchev–Trinajstić information content (AvgIpc) is 3.66. The van der Waals surface area contributed by atoms with Crippen molar-refractivity contribution in [2.75, 3.05) is 18.4 Å². The molecule has 2 atom stereocenters. The van der Waals surface area contributed by atoms with Gasteiger partial charge in [-0.3, -0.25) is 4.79 Å². The van der Waals surface area contributed by atoms with Crippen molar-refractivity contribution in [2.45, 2.75) is 37.8 Å². The van der Waals surface area contributed by atoms with Gasteiger partial charge in [0.15, 0.2) is 11.4 Å². The summed E-state index contributed by atoms with van der Waals surface area (Å²) in [5.41, 5.74) is 4.87. The topological polar surface area (TPSA) is 108 Å². The summed E-state index contributed by atoms with van der Waals surface area (Å²) in [7, 11) is 0. The van der Waals surface area contributed by atoms with Gasteiger partial charge in [0.25, 0.3) is 0 Å². The van der Waals surface area contributed by atoms with E-state index in [-0.39, 0.29) is 11.9 Å². The molecule has 2 aromatic carbocycles. The molecule has 168 valence electrons. The molecule has 0 radical (unpaired) electrons. The molecule has 6 rings (SSSR count). The molecule has 8 heteroatoms. The first kappa shape index (κ1) is 20.1. The highest BCUT2D eigenvalue weighted by molar-refractivity contribution is 6.01. The Bertz CT molecular complexity index is 1280. The molecule has 8 nitrogen and oxygen atoms in total. The molecule has 2 aromatic heterocycles. The number of benzene rings is 2. The second-order valence-corrected chi connectivity index (χ2v) is 8.79. The quantitative estimate of drug-likeness (QED) is 0.372. The lowest BCUT2D eigenvalue weighted by Crippen LogP contribution is -2.35. The Hall–Kier alpha value is -3.49. The van der Waals surface area contributed by atoms with Crippen LogP contribution in [0.25, 0.3) is 33.4 Å². The molecular formula is C25H26N6O2. The highest BCUT2D eigenvalue weighted by atomic mass is 16.5. The molecule has 2 aliphatic rings. The maximum Gasteiger partial charge on any atom is 0.242 e. The summed E-state index contributed by atoms with van der Waals surface area (Å²) in [6, 6.07) is 14.5. The SMILES string of the molecule is O=C(Nc1noc2cc(-c3ccc(-c4cnc([C@@H]5CCCN5)[nH]4)cc3)ccc12)C1CCCN1. The van der Waals surface area contributed by atoms with Crippen molar-refractivity contribution < 1.29 is 9.32 Å². The van der Waals surface area contributed by atoms with E-state index in [1.807, 2.05) is 24.4 Å². The van der Waals surface area contributed by atoms with Gasteiger partial charge < -0.3 is 25.5 Å².